The first kappa shape index (κ1) is 16.7. The molecule has 0 atom stereocenters. The molecule has 126 valence electrons. The van der Waals surface area contributed by atoms with Crippen LogP contribution in [0.4, 0.5) is 17.5 Å². The summed E-state index contributed by atoms with van der Waals surface area (Å²) in [4.78, 5) is 23.5. The number of nitrogens with two attached hydrogens (primary N) is 1. The van der Waals surface area contributed by atoms with Gasteiger partial charge in [-0.3, -0.25) is 14.8 Å². The number of hydrogen-bond donors (Lipinski definition) is 3. The lowest BCUT2D eigenvalue weighted by molar-refractivity contribution is 0.0208. The Balaban J connectivity index is 1.88. The smallest absolute Gasteiger partial charge is 0.263 e. The Kier molecular flexibility index (Phi) is 4.68. The van der Waals surface area contributed by atoms with Crippen molar-refractivity contribution in [3.05, 3.63) is 43.6 Å². The standard InChI is InChI=1S/C16H18BrN5O2/c1-8-3-10(17)4-9(2)13(8)19-5-12-14(18)21-16(22-15(12)23)20-11-6-24-7-11/h3-5,11H,6-7H2,1-2H3,(H4,18,20,21,22,23). The minimum Gasteiger partial charge on any atom is -0.383 e. The van der Waals surface area contributed by atoms with E-state index >= 15 is 0 Å². The molecule has 2 heterocycles. The monoisotopic (exact) mass is 391 g/mol. The van der Waals surface area contributed by atoms with Gasteiger partial charge < -0.3 is 15.8 Å². The largest absolute Gasteiger partial charge is 0.383 e. The first-order chi connectivity index (χ1) is 11.4. The van der Waals surface area contributed by atoms with Gasteiger partial charge in [-0.15, -0.1) is 0 Å². The lowest BCUT2D eigenvalue weighted by Crippen LogP contribution is -2.41. The van der Waals surface area contributed by atoms with Crippen LogP contribution in [0.2, 0.25) is 0 Å². The summed E-state index contributed by atoms with van der Waals surface area (Å²) >= 11 is 3.45. The van der Waals surface area contributed by atoms with Crippen LogP contribution in [0.5, 0.6) is 0 Å². The molecule has 2 aromatic rings. The normalized spacial score (nSPS) is 14.8. The van der Waals surface area contributed by atoms with Crippen LogP contribution >= 0.6 is 15.9 Å². The molecule has 0 saturated carbocycles. The van der Waals surface area contributed by atoms with Gasteiger partial charge in [-0.05, 0) is 37.1 Å². The van der Waals surface area contributed by atoms with Crippen molar-refractivity contribution in [2.75, 3.05) is 24.3 Å². The number of halogens is 1. The van der Waals surface area contributed by atoms with Gasteiger partial charge >= 0.3 is 0 Å². The van der Waals surface area contributed by atoms with Crippen molar-refractivity contribution in [1.29, 1.82) is 0 Å². The second-order valence-corrected chi connectivity index (χ2v) is 6.65. The third-order valence-electron chi connectivity index (χ3n) is 3.74. The van der Waals surface area contributed by atoms with Gasteiger partial charge in [-0.1, -0.05) is 15.9 Å². The number of hydrogen-bond acceptors (Lipinski definition) is 6. The zero-order valence-electron chi connectivity index (χ0n) is 13.4. The highest BCUT2D eigenvalue weighted by Gasteiger charge is 2.19. The van der Waals surface area contributed by atoms with Crippen LogP contribution in [0.1, 0.15) is 16.7 Å². The molecule has 3 rings (SSSR count). The van der Waals surface area contributed by atoms with Gasteiger partial charge in [0.2, 0.25) is 5.95 Å². The molecule has 0 spiro atoms. The highest BCUT2D eigenvalue weighted by atomic mass is 79.9. The summed E-state index contributed by atoms with van der Waals surface area (Å²) in [5, 5.41) is 3.06. The van der Waals surface area contributed by atoms with Crippen LogP contribution in [0.3, 0.4) is 0 Å². The van der Waals surface area contributed by atoms with E-state index in [-0.39, 0.29) is 23.0 Å². The fourth-order valence-electron chi connectivity index (χ4n) is 2.44. The van der Waals surface area contributed by atoms with Gasteiger partial charge in [0, 0.05) is 10.7 Å². The maximum absolute atomic E-state index is 12.2. The average Bonchev–Trinajstić information content (AvgIpc) is 2.44. The molecule has 8 heteroatoms. The summed E-state index contributed by atoms with van der Waals surface area (Å²) in [6.07, 6.45) is 1.46. The quantitative estimate of drug-likeness (QED) is 0.693. The maximum atomic E-state index is 12.2. The third-order valence-corrected chi connectivity index (χ3v) is 4.20. The number of aromatic amines is 1. The topological polar surface area (TPSA) is 105 Å². The number of ether oxygens (including phenoxy) is 1. The Labute approximate surface area is 147 Å². The number of nitrogens with one attached hydrogen (secondary N) is 2. The van der Waals surface area contributed by atoms with E-state index in [0.29, 0.717) is 19.2 Å². The zero-order chi connectivity index (χ0) is 17.3. The molecule has 1 fully saturated rings. The first-order valence-electron chi connectivity index (χ1n) is 7.49. The molecule has 0 amide bonds. The molecule has 0 bridgehead atoms. The molecule has 1 saturated heterocycles. The zero-order valence-corrected chi connectivity index (χ0v) is 15.0. The molecule has 0 radical (unpaired) electrons. The number of nitrogen functional groups attached to an aromatic ring is 1. The number of benzene rings is 1. The molecule has 1 aromatic carbocycles. The summed E-state index contributed by atoms with van der Waals surface area (Å²) in [6.45, 7) is 5.11. The highest BCUT2D eigenvalue weighted by molar-refractivity contribution is 9.10. The predicted molar refractivity (Wildman–Crippen MR) is 98.4 cm³/mol. The van der Waals surface area contributed by atoms with Gasteiger partial charge in [0.25, 0.3) is 5.56 Å². The number of aryl methyl sites for hydroxylation is 2. The lowest BCUT2D eigenvalue weighted by Gasteiger charge is -2.26. The summed E-state index contributed by atoms with van der Waals surface area (Å²) in [5.74, 6) is 0.483. The number of anilines is 2. The predicted octanol–water partition coefficient (Wildman–Crippen LogP) is 2.29. The van der Waals surface area contributed by atoms with Crippen LogP contribution in [0.25, 0.3) is 0 Å². The number of aliphatic imine (C=N–C) groups is 1. The van der Waals surface area contributed by atoms with Crippen molar-refractivity contribution in [1.82, 2.24) is 9.97 Å². The fourth-order valence-corrected chi connectivity index (χ4v) is 3.13. The van der Waals surface area contributed by atoms with Crippen molar-refractivity contribution >= 4 is 39.6 Å². The summed E-state index contributed by atoms with van der Waals surface area (Å²) in [5.41, 5.74) is 8.65. The minimum absolute atomic E-state index is 0.137. The number of aromatic nitrogens is 2. The van der Waals surface area contributed by atoms with Crippen molar-refractivity contribution in [3.63, 3.8) is 0 Å². The van der Waals surface area contributed by atoms with E-state index < -0.39 is 0 Å². The highest BCUT2D eigenvalue weighted by Crippen LogP contribution is 2.27. The van der Waals surface area contributed by atoms with Crippen molar-refractivity contribution in [3.8, 4) is 0 Å². The molecule has 0 aliphatic carbocycles. The van der Waals surface area contributed by atoms with Gasteiger partial charge in [-0.25, -0.2) is 0 Å². The van der Waals surface area contributed by atoms with Gasteiger partial charge in [0.15, 0.2) is 0 Å². The van der Waals surface area contributed by atoms with Gasteiger partial charge in [0.1, 0.15) is 11.4 Å². The lowest BCUT2D eigenvalue weighted by atomic mass is 10.1. The molecule has 24 heavy (non-hydrogen) atoms. The van der Waals surface area contributed by atoms with Crippen LogP contribution in [0.15, 0.2) is 26.4 Å². The molecule has 1 aromatic heterocycles. The van der Waals surface area contributed by atoms with Crippen molar-refractivity contribution in [2.45, 2.75) is 19.9 Å². The van der Waals surface area contributed by atoms with Crippen LogP contribution in [-0.4, -0.2) is 35.4 Å². The van der Waals surface area contributed by atoms with E-state index in [1.54, 1.807) is 0 Å². The molecular formula is C16H18BrN5O2. The van der Waals surface area contributed by atoms with Gasteiger partial charge in [0.05, 0.1) is 24.9 Å². The van der Waals surface area contributed by atoms with Crippen LogP contribution in [0, 0.1) is 13.8 Å². The summed E-state index contributed by atoms with van der Waals surface area (Å²) < 4.78 is 6.06. The first-order valence-corrected chi connectivity index (χ1v) is 8.28. The molecule has 1 aliphatic rings. The molecule has 0 unspecified atom stereocenters. The fraction of sp³-hybridized carbons (Fsp3) is 0.312. The van der Waals surface area contributed by atoms with E-state index in [1.807, 2.05) is 26.0 Å². The number of nitrogens with zero attached hydrogens (tertiary/aromatic N) is 2. The molecule has 4 N–H and O–H groups in total. The Morgan fingerprint density at radius 1 is 1.42 bits per heavy atom. The van der Waals surface area contributed by atoms with Crippen molar-refractivity contribution < 1.29 is 4.74 Å². The minimum atomic E-state index is -0.332. The van der Waals surface area contributed by atoms with E-state index in [1.165, 1.54) is 6.21 Å². The molecular weight excluding hydrogens is 374 g/mol. The second kappa shape index (κ2) is 6.74. The average molecular weight is 392 g/mol. The van der Waals surface area contributed by atoms with Gasteiger partial charge in [-0.2, -0.15) is 4.98 Å². The SMILES string of the molecule is Cc1cc(Br)cc(C)c1N=Cc1c(N)nc(NC2COC2)[nH]c1=O. The summed E-state index contributed by atoms with van der Waals surface area (Å²) in [6, 6.07) is 4.10. The molecule has 1 aliphatic heterocycles. The Morgan fingerprint density at radius 3 is 2.62 bits per heavy atom. The maximum Gasteiger partial charge on any atom is 0.263 e. The number of rotatable bonds is 4. The summed E-state index contributed by atoms with van der Waals surface area (Å²) in [7, 11) is 0. The Bertz CT molecular complexity index is 835. The van der Waals surface area contributed by atoms with E-state index in [9.17, 15) is 4.79 Å². The van der Waals surface area contributed by atoms with Crippen molar-refractivity contribution in [2.24, 2.45) is 4.99 Å². The van der Waals surface area contributed by atoms with E-state index in [0.717, 1.165) is 21.3 Å². The Hall–Kier alpha value is -2.19. The van der Waals surface area contributed by atoms with Crippen LogP contribution < -0.4 is 16.6 Å². The second-order valence-electron chi connectivity index (χ2n) is 5.74. The number of H-pyrrole nitrogens is 1. The third kappa shape index (κ3) is 3.49. The van der Waals surface area contributed by atoms with Crippen LogP contribution in [-0.2, 0) is 4.74 Å². The van der Waals surface area contributed by atoms with E-state index in [2.05, 4.69) is 36.2 Å². The Morgan fingerprint density at radius 2 is 2.08 bits per heavy atom. The van der Waals surface area contributed by atoms with E-state index in [4.69, 9.17) is 10.5 Å². The molecule has 7 nitrogen and oxygen atoms in total.